The first-order valence-corrected chi connectivity index (χ1v) is 9.32. The number of carbonyl (C=O) groups is 2. The highest BCUT2D eigenvalue weighted by Gasteiger charge is 2.10. The molecule has 0 spiro atoms. The highest BCUT2D eigenvalue weighted by molar-refractivity contribution is 7.15. The largest absolute Gasteiger partial charge is 0.323 e. The Morgan fingerprint density at radius 3 is 2.22 bits per heavy atom. The number of hydrogen-bond acceptors (Lipinski definition) is 5. The zero-order valence-electron chi connectivity index (χ0n) is 14.7. The van der Waals surface area contributed by atoms with Crippen molar-refractivity contribution >= 4 is 39.8 Å². The fourth-order valence-corrected chi connectivity index (χ4v) is 3.14. The van der Waals surface area contributed by atoms with Crippen LogP contribution in [0.1, 0.15) is 28.7 Å². The fourth-order valence-electron chi connectivity index (χ4n) is 2.31. The summed E-state index contributed by atoms with van der Waals surface area (Å²) in [6.07, 6.45) is 1.83. The zero-order valence-corrected chi connectivity index (χ0v) is 15.5. The second-order valence-electron chi connectivity index (χ2n) is 5.73. The van der Waals surface area contributed by atoms with E-state index in [4.69, 9.17) is 0 Å². The van der Waals surface area contributed by atoms with Gasteiger partial charge in [0.15, 0.2) is 0 Å². The van der Waals surface area contributed by atoms with Crippen molar-refractivity contribution in [3.63, 3.8) is 0 Å². The molecule has 3 aromatic rings. The Morgan fingerprint density at radius 2 is 1.56 bits per heavy atom. The summed E-state index contributed by atoms with van der Waals surface area (Å²) in [5, 5.41) is 17.6. The molecule has 0 aliphatic heterocycles. The Bertz CT molecular complexity index is 909. The number of nitrogens with zero attached hydrogens (tertiary/aromatic N) is 2. The van der Waals surface area contributed by atoms with Gasteiger partial charge in [0.1, 0.15) is 5.01 Å². The standard InChI is InChI=1S/C19H19N5O2S/c1-2-6-16-23-24-19(27-16)22-17(25)13-9-11-15(12-10-13)21-18(26)20-14-7-4-3-5-8-14/h3-5,7-12H,2,6H2,1H3,(H2,20,21,26)(H,22,24,25). The van der Waals surface area contributed by atoms with E-state index in [9.17, 15) is 9.59 Å². The third-order valence-corrected chi connectivity index (χ3v) is 4.49. The molecule has 0 aliphatic rings. The lowest BCUT2D eigenvalue weighted by Crippen LogP contribution is -2.19. The van der Waals surface area contributed by atoms with E-state index in [1.807, 2.05) is 18.2 Å². The van der Waals surface area contributed by atoms with E-state index in [1.165, 1.54) is 11.3 Å². The predicted molar refractivity (Wildman–Crippen MR) is 107 cm³/mol. The van der Waals surface area contributed by atoms with Gasteiger partial charge in [-0.1, -0.05) is 36.5 Å². The van der Waals surface area contributed by atoms with Crippen LogP contribution < -0.4 is 16.0 Å². The number of anilines is 3. The summed E-state index contributed by atoms with van der Waals surface area (Å²) < 4.78 is 0. The van der Waals surface area contributed by atoms with Crippen LogP contribution in [-0.4, -0.2) is 22.1 Å². The molecule has 0 unspecified atom stereocenters. The molecule has 0 fully saturated rings. The zero-order chi connectivity index (χ0) is 19.1. The molecular formula is C19H19N5O2S. The van der Waals surface area contributed by atoms with E-state index in [2.05, 4.69) is 33.1 Å². The van der Waals surface area contributed by atoms with Crippen LogP contribution in [0.3, 0.4) is 0 Å². The number of carbonyl (C=O) groups excluding carboxylic acids is 2. The predicted octanol–water partition coefficient (Wildman–Crippen LogP) is 4.39. The molecule has 3 N–H and O–H groups in total. The summed E-state index contributed by atoms with van der Waals surface area (Å²) in [7, 11) is 0. The average Bonchev–Trinajstić information content (AvgIpc) is 3.10. The van der Waals surface area contributed by atoms with E-state index >= 15 is 0 Å². The number of hydrogen-bond donors (Lipinski definition) is 3. The third-order valence-electron chi connectivity index (χ3n) is 3.59. The summed E-state index contributed by atoms with van der Waals surface area (Å²) in [4.78, 5) is 24.3. The van der Waals surface area contributed by atoms with Gasteiger partial charge < -0.3 is 10.6 Å². The van der Waals surface area contributed by atoms with E-state index < -0.39 is 0 Å². The van der Waals surface area contributed by atoms with Gasteiger partial charge in [0, 0.05) is 23.4 Å². The quantitative estimate of drug-likeness (QED) is 0.590. The summed E-state index contributed by atoms with van der Waals surface area (Å²) in [6.45, 7) is 2.06. The van der Waals surface area contributed by atoms with Crippen LogP contribution in [-0.2, 0) is 6.42 Å². The van der Waals surface area contributed by atoms with E-state index in [0.717, 1.165) is 17.8 Å². The summed E-state index contributed by atoms with van der Waals surface area (Å²) >= 11 is 1.37. The van der Waals surface area contributed by atoms with E-state index in [1.54, 1.807) is 36.4 Å². The van der Waals surface area contributed by atoms with Gasteiger partial charge in [0.2, 0.25) is 5.13 Å². The molecule has 0 aliphatic carbocycles. The fraction of sp³-hybridized carbons (Fsp3) is 0.158. The van der Waals surface area contributed by atoms with Gasteiger partial charge in [-0.3, -0.25) is 10.1 Å². The van der Waals surface area contributed by atoms with E-state index in [-0.39, 0.29) is 11.9 Å². The van der Waals surface area contributed by atoms with E-state index in [0.29, 0.717) is 22.1 Å². The lowest BCUT2D eigenvalue weighted by Gasteiger charge is -2.08. The molecule has 1 heterocycles. The topological polar surface area (TPSA) is 96.0 Å². The number of rotatable bonds is 6. The smallest absolute Gasteiger partial charge is 0.308 e. The van der Waals surface area contributed by atoms with Crippen molar-refractivity contribution in [2.75, 3.05) is 16.0 Å². The molecule has 8 heteroatoms. The van der Waals surface area contributed by atoms with Crippen molar-refractivity contribution in [2.24, 2.45) is 0 Å². The second kappa shape index (κ2) is 8.91. The van der Waals surface area contributed by atoms with Crippen molar-refractivity contribution < 1.29 is 9.59 Å². The lowest BCUT2D eigenvalue weighted by atomic mass is 10.2. The summed E-state index contributed by atoms with van der Waals surface area (Å²) in [6, 6.07) is 15.4. The van der Waals surface area contributed by atoms with Crippen molar-refractivity contribution in [3.8, 4) is 0 Å². The minimum Gasteiger partial charge on any atom is -0.308 e. The summed E-state index contributed by atoms with van der Waals surface area (Å²) in [5.74, 6) is -0.269. The maximum absolute atomic E-state index is 12.3. The van der Waals surface area contributed by atoms with Gasteiger partial charge in [-0.15, -0.1) is 10.2 Å². The lowest BCUT2D eigenvalue weighted by molar-refractivity contribution is 0.102. The molecule has 0 atom stereocenters. The number of aryl methyl sites for hydroxylation is 1. The van der Waals surface area contributed by atoms with Crippen LogP contribution in [0.2, 0.25) is 0 Å². The molecule has 0 saturated carbocycles. The van der Waals surface area contributed by atoms with Crippen LogP contribution in [0.25, 0.3) is 0 Å². The number of nitrogens with one attached hydrogen (secondary N) is 3. The van der Waals surface area contributed by atoms with Crippen LogP contribution in [0, 0.1) is 0 Å². The van der Waals surface area contributed by atoms with Crippen molar-refractivity contribution in [1.29, 1.82) is 0 Å². The first-order valence-electron chi connectivity index (χ1n) is 8.51. The maximum Gasteiger partial charge on any atom is 0.323 e. The van der Waals surface area contributed by atoms with Gasteiger partial charge in [-0.2, -0.15) is 0 Å². The van der Waals surface area contributed by atoms with Gasteiger partial charge in [-0.25, -0.2) is 4.79 Å². The monoisotopic (exact) mass is 381 g/mol. The van der Waals surface area contributed by atoms with Crippen LogP contribution in [0.4, 0.5) is 21.3 Å². The number of urea groups is 1. The molecule has 0 bridgehead atoms. The second-order valence-corrected chi connectivity index (χ2v) is 6.79. The number of amides is 3. The Labute approximate surface area is 160 Å². The van der Waals surface area contributed by atoms with Crippen molar-refractivity contribution in [1.82, 2.24) is 10.2 Å². The van der Waals surface area contributed by atoms with Gasteiger partial charge in [0.25, 0.3) is 5.91 Å². The van der Waals surface area contributed by atoms with Crippen LogP contribution >= 0.6 is 11.3 Å². The van der Waals surface area contributed by atoms with Crippen molar-refractivity contribution in [3.05, 3.63) is 65.2 Å². The first-order chi connectivity index (χ1) is 13.1. The maximum atomic E-state index is 12.3. The Kier molecular flexibility index (Phi) is 6.11. The van der Waals surface area contributed by atoms with Gasteiger partial charge in [-0.05, 0) is 42.8 Å². The minimum atomic E-state index is -0.351. The molecule has 27 heavy (non-hydrogen) atoms. The number of para-hydroxylation sites is 1. The first kappa shape index (κ1) is 18.5. The Hall–Kier alpha value is -3.26. The minimum absolute atomic E-state index is 0.269. The van der Waals surface area contributed by atoms with Gasteiger partial charge >= 0.3 is 6.03 Å². The summed E-state index contributed by atoms with van der Waals surface area (Å²) in [5.41, 5.74) is 1.75. The van der Waals surface area contributed by atoms with Crippen LogP contribution in [0.15, 0.2) is 54.6 Å². The van der Waals surface area contributed by atoms with Crippen molar-refractivity contribution in [2.45, 2.75) is 19.8 Å². The molecule has 3 amide bonds. The molecule has 3 rings (SSSR count). The number of aromatic nitrogens is 2. The van der Waals surface area contributed by atoms with Gasteiger partial charge in [0.05, 0.1) is 0 Å². The SMILES string of the molecule is CCCc1nnc(NC(=O)c2ccc(NC(=O)Nc3ccccc3)cc2)s1. The Balaban J connectivity index is 1.55. The normalized spacial score (nSPS) is 10.3. The Morgan fingerprint density at radius 1 is 0.889 bits per heavy atom. The molecule has 1 aromatic heterocycles. The highest BCUT2D eigenvalue weighted by Crippen LogP contribution is 2.18. The molecule has 2 aromatic carbocycles. The van der Waals surface area contributed by atoms with Crippen LogP contribution in [0.5, 0.6) is 0 Å². The molecular weight excluding hydrogens is 362 g/mol. The molecule has 0 radical (unpaired) electrons. The molecule has 138 valence electrons. The highest BCUT2D eigenvalue weighted by atomic mass is 32.1. The molecule has 7 nitrogen and oxygen atoms in total. The number of benzene rings is 2. The average molecular weight is 381 g/mol. The third kappa shape index (κ3) is 5.35. The molecule has 0 saturated heterocycles.